The molecule has 1 heterocycles. The van der Waals surface area contributed by atoms with Gasteiger partial charge in [-0.25, -0.2) is 0 Å². The Balaban J connectivity index is 2.12. The number of amides is 2. The summed E-state index contributed by atoms with van der Waals surface area (Å²) in [7, 11) is 1.29. The molecule has 2 aromatic carbocycles. The number of fused-ring (bicyclic) bond motifs is 1. The van der Waals surface area contributed by atoms with Gasteiger partial charge in [-0.2, -0.15) is 0 Å². The normalized spacial score (nSPS) is 20.5. The van der Waals surface area contributed by atoms with Crippen molar-refractivity contribution < 1.29 is 19.1 Å². The average Bonchev–Trinajstić information content (AvgIpc) is 2.67. The van der Waals surface area contributed by atoms with Crippen LogP contribution in [0, 0.1) is 0 Å². The molecule has 3 rings (SSSR count). The molecule has 0 saturated heterocycles. The molecule has 5 heteroatoms. The van der Waals surface area contributed by atoms with Gasteiger partial charge >= 0.3 is 5.97 Å². The molecule has 1 aliphatic rings. The van der Waals surface area contributed by atoms with Crippen molar-refractivity contribution in [2.45, 2.75) is 31.7 Å². The molecule has 2 amide bonds. The summed E-state index contributed by atoms with van der Waals surface area (Å²) in [5.74, 6) is -1.22. The molecule has 5 nitrogen and oxygen atoms in total. The first kappa shape index (κ1) is 17.9. The maximum Gasteiger partial charge on any atom is 0.306 e. The quantitative estimate of drug-likeness (QED) is 0.627. The highest BCUT2D eigenvalue weighted by Crippen LogP contribution is 2.40. The minimum Gasteiger partial charge on any atom is -0.469 e. The summed E-state index contributed by atoms with van der Waals surface area (Å²) >= 11 is 0. The molecule has 26 heavy (non-hydrogen) atoms. The van der Waals surface area contributed by atoms with E-state index >= 15 is 0 Å². The van der Waals surface area contributed by atoms with Gasteiger partial charge in [-0.1, -0.05) is 48.5 Å². The second-order valence-electron chi connectivity index (χ2n) is 6.70. The van der Waals surface area contributed by atoms with Crippen LogP contribution in [-0.2, 0) is 19.7 Å². The highest BCUT2D eigenvalue weighted by Gasteiger charge is 2.50. The lowest BCUT2D eigenvalue weighted by Gasteiger charge is -2.41. The number of benzene rings is 2. The first-order valence-electron chi connectivity index (χ1n) is 8.49. The summed E-state index contributed by atoms with van der Waals surface area (Å²) in [5, 5.41) is 0. The van der Waals surface area contributed by atoms with Gasteiger partial charge in [0.05, 0.1) is 25.0 Å². The maximum atomic E-state index is 13.4. The van der Waals surface area contributed by atoms with Gasteiger partial charge < -0.3 is 4.74 Å². The minimum atomic E-state index is -1.15. The number of carbonyl (C=O) groups is 3. The highest BCUT2D eigenvalue weighted by atomic mass is 16.5. The zero-order valence-corrected chi connectivity index (χ0v) is 15.1. The topological polar surface area (TPSA) is 63.7 Å². The summed E-state index contributed by atoms with van der Waals surface area (Å²) in [6.07, 6.45) is -0.120. The van der Waals surface area contributed by atoms with E-state index in [0.29, 0.717) is 11.1 Å². The second-order valence-corrected chi connectivity index (χ2v) is 6.70. The second kappa shape index (κ2) is 6.75. The first-order chi connectivity index (χ1) is 12.4. The number of esters is 1. The zero-order valence-electron chi connectivity index (χ0n) is 15.1. The lowest BCUT2D eigenvalue weighted by atomic mass is 9.72. The third kappa shape index (κ3) is 2.79. The van der Waals surface area contributed by atoms with Crippen molar-refractivity contribution in [3.63, 3.8) is 0 Å². The molecule has 2 aromatic rings. The van der Waals surface area contributed by atoms with Crippen LogP contribution in [0.25, 0.3) is 0 Å². The molecule has 0 fully saturated rings. The van der Waals surface area contributed by atoms with Gasteiger partial charge in [0.1, 0.15) is 0 Å². The van der Waals surface area contributed by atoms with E-state index < -0.39 is 17.4 Å². The van der Waals surface area contributed by atoms with E-state index in [1.165, 1.54) is 12.0 Å². The highest BCUT2D eigenvalue weighted by molar-refractivity contribution is 6.14. The van der Waals surface area contributed by atoms with Gasteiger partial charge in [0.25, 0.3) is 5.91 Å². The van der Waals surface area contributed by atoms with Crippen LogP contribution in [0.4, 0.5) is 0 Å². The third-order valence-corrected chi connectivity index (χ3v) is 5.06. The molecule has 1 aliphatic heterocycles. The fourth-order valence-corrected chi connectivity index (χ4v) is 3.52. The number of carbonyl (C=O) groups excluding carboxylic acids is 3. The zero-order chi connectivity index (χ0) is 18.9. The average molecular weight is 351 g/mol. The van der Waals surface area contributed by atoms with Gasteiger partial charge in [-0.05, 0) is 31.0 Å². The van der Waals surface area contributed by atoms with Crippen molar-refractivity contribution in [2.24, 2.45) is 0 Å². The number of imide groups is 1. The molecule has 0 aliphatic carbocycles. The first-order valence-corrected chi connectivity index (χ1v) is 8.49. The Morgan fingerprint density at radius 3 is 2.35 bits per heavy atom. The van der Waals surface area contributed by atoms with E-state index in [1.54, 1.807) is 31.2 Å². The molecule has 2 atom stereocenters. The van der Waals surface area contributed by atoms with Crippen molar-refractivity contribution >= 4 is 17.8 Å². The number of hydrogen-bond acceptors (Lipinski definition) is 4. The predicted octanol–water partition coefficient (Wildman–Crippen LogP) is 3.25. The molecule has 0 N–H and O–H groups in total. The van der Waals surface area contributed by atoms with Gasteiger partial charge in [0, 0.05) is 5.56 Å². The number of hydrogen-bond donors (Lipinski definition) is 0. The minimum absolute atomic E-state index is 0.120. The smallest absolute Gasteiger partial charge is 0.306 e. The fraction of sp³-hybridized carbons (Fsp3) is 0.286. The summed E-state index contributed by atoms with van der Waals surface area (Å²) in [4.78, 5) is 39.7. The molecule has 0 saturated carbocycles. The summed E-state index contributed by atoms with van der Waals surface area (Å²) in [5.41, 5.74) is 0.716. The standard InChI is InChI=1S/C21H21NO4/c1-14(15-9-5-4-6-10-15)22-19(24)16-11-7-8-12-17(16)21(2,20(22)25)13-18(23)26-3/h4-12,14H,13H2,1-3H3. The molecule has 0 spiro atoms. The Labute approximate surface area is 152 Å². The number of rotatable bonds is 4. The summed E-state index contributed by atoms with van der Waals surface area (Å²) in [6.45, 7) is 3.51. The van der Waals surface area contributed by atoms with Crippen molar-refractivity contribution in [3.05, 3.63) is 71.3 Å². The SMILES string of the molecule is COC(=O)CC1(C)C(=O)N(C(C)c2ccccc2)C(=O)c2ccccc21. The van der Waals surface area contributed by atoms with E-state index in [0.717, 1.165) is 5.56 Å². The largest absolute Gasteiger partial charge is 0.469 e. The van der Waals surface area contributed by atoms with Crippen LogP contribution in [0.1, 0.15) is 47.8 Å². The molecular formula is C21H21NO4. The van der Waals surface area contributed by atoms with E-state index in [9.17, 15) is 14.4 Å². The van der Waals surface area contributed by atoms with E-state index in [4.69, 9.17) is 4.74 Å². The Bertz CT molecular complexity index is 861. The molecule has 0 radical (unpaired) electrons. The van der Waals surface area contributed by atoms with Crippen LogP contribution in [-0.4, -0.2) is 29.8 Å². The van der Waals surface area contributed by atoms with Crippen molar-refractivity contribution in [2.75, 3.05) is 7.11 Å². The Morgan fingerprint density at radius 1 is 1.08 bits per heavy atom. The van der Waals surface area contributed by atoms with E-state index in [1.807, 2.05) is 37.3 Å². The number of ether oxygens (including phenoxy) is 1. The monoisotopic (exact) mass is 351 g/mol. The van der Waals surface area contributed by atoms with Gasteiger partial charge in [-0.3, -0.25) is 19.3 Å². The Kier molecular flexibility index (Phi) is 4.64. The molecule has 0 aromatic heterocycles. The van der Waals surface area contributed by atoms with Gasteiger partial charge in [0.2, 0.25) is 5.91 Å². The fourth-order valence-electron chi connectivity index (χ4n) is 3.52. The van der Waals surface area contributed by atoms with Crippen LogP contribution < -0.4 is 0 Å². The Hall–Kier alpha value is -2.95. The maximum absolute atomic E-state index is 13.4. The summed E-state index contributed by atoms with van der Waals surface area (Å²) in [6, 6.07) is 15.9. The van der Waals surface area contributed by atoms with Gasteiger partial charge in [0.15, 0.2) is 0 Å². The van der Waals surface area contributed by atoms with Crippen molar-refractivity contribution in [1.29, 1.82) is 0 Å². The molecule has 134 valence electrons. The van der Waals surface area contributed by atoms with Crippen LogP contribution in [0.2, 0.25) is 0 Å². The van der Waals surface area contributed by atoms with E-state index in [2.05, 4.69) is 0 Å². The van der Waals surface area contributed by atoms with Crippen LogP contribution >= 0.6 is 0 Å². The van der Waals surface area contributed by atoms with Crippen LogP contribution in [0.3, 0.4) is 0 Å². The lowest BCUT2D eigenvalue weighted by molar-refractivity contribution is -0.148. The van der Waals surface area contributed by atoms with Crippen molar-refractivity contribution in [3.8, 4) is 0 Å². The van der Waals surface area contributed by atoms with Gasteiger partial charge in [-0.15, -0.1) is 0 Å². The van der Waals surface area contributed by atoms with E-state index in [-0.39, 0.29) is 18.2 Å². The third-order valence-electron chi connectivity index (χ3n) is 5.06. The van der Waals surface area contributed by atoms with Crippen LogP contribution in [0.5, 0.6) is 0 Å². The molecular weight excluding hydrogens is 330 g/mol. The van der Waals surface area contributed by atoms with Crippen LogP contribution in [0.15, 0.2) is 54.6 Å². The Morgan fingerprint density at radius 2 is 1.69 bits per heavy atom. The predicted molar refractivity (Wildman–Crippen MR) is 96.5 cm³/mol. The number of nitrogens with zero attached hydrogens (tertiary/aromatic N) is 1. The molecule has 0 bridgehead atoms. The van der Waals surface area contributed by atoms with Crippen molar-refractivity contribution in [1.82, 2.24) is 4.90 Å². The summed E-state index contributed by atoms with van der Waals surface area (Å²) < 4.78 is 4.79. The lowest BCUT2D eigenvalue weighted by Crippen LogP contribution is -2.54. The number of methoxy groups -OCH3 is 1. The molecule has 2 unspecified atom stereocenters.